The van der Waals surface area contributed by atoms with E-state index in [0.717, 1.165) is 32.1 Å². The smallest absolute Gasteiger partial charge is 0.303 e. The summed E-state index contributed by atoms with van der Waals surface area (Å²) in [6.45, 7) is 7.16. The van der Waals surface area contributed by atoms with Gasteiger partial charge in [-0.15, -0.1) is 0 Å². The van der Waals surface area contributed by atoms with Gasteiger partial charge >= 0.3 is 5.97 Å². The summed E-state index contributed by atoms with van der Waals surface area (Å²) in [5.74, 6) is 2.36. The number of carbonyl (C=O) groups is 1. The molecule has 0 spiro atoms. The Hall–Kier alpha value is -0.610. The molecule has 0 radical (unpaired) electrons. The van der Waals surface area contributed by atoms with Crippen LogP contribution in [0, 0.1) is 46.3 Å². The van der Waals surface area contributed by atoms with Crippen LogP contribution in [0.5, 0.6) is 0 Å². The molecule has 0 aliphatic heterocycles. The van der Waals surface area contributed by atoms with Gasteiger partial charge in [-0.3, -0.25) is 4.79 Å². The average molecular weight is 393 g/mol. The highest BCUT2D eigenvalue weighted by molar-refractivity contribution is 5.66. The van der Waals surface area contributed by atoms with Gasteiger partial charge in [0.2, 0.25) is 0 Å². The van der Waals surface area contributed by atoms with Gasteiger partial charge in [0.15, 0.2) is 0 Å². The Balaban J connectivity index is 1.55. The van der Waals surface area contributed by atoms with Gasteiger partial charge in [-0.05, 0) is 104 Å². The number of carboxylic acid groups (broad SMARTS) is 1. The molecule has 0 heterocycles. The summed E-state index contributed by atoms with van der Waals surface area (Å²) < 4.78 is 0. The topological polar surface area (TPSA) is 77.8 Å². The zero-order valence-corrected chi connectivity index (χ0v) is 17.9. The Morgan fingerprint density at radius 2 is 1.68 bits per heavy atom. The zero-order valence-electron chi connectivity index (χ0n) is 17.9. The molecule has 4 saturated carbocycles. The number of carboxylic acids is 1. The molecule has 3 N–H and O–H groups in total. The van der Waals surface area contributed by atoms with Crippen molar-refractivity contribution in [2.75, 3.05) is 0 Å². The van der Waals surface area contributed by atoms with Gasteiger partial charge in [0.1, 0.15) is 0 Å². The Labute approximate surface area is 170 Å². The molecule has 10 atom stereocenters. The summed E-state index contributed by atoms with van der Waals surface area (Å²) in [5, 5.41) is 30.5. The third-order valence-electron chi connectivity index (χ3n) is 10.2. The first-order valence-corrected chi connectivity index (χ1v) is 11.7. The zero-order chi connectivity index (χ0) is 20.3. The van der Waals surface area contributed by atoms with Crippen LogP contribution < -0.4 is 0 Å². The Morgan fingerprint density at radius 3 is 2.39 bits per heavy atom. The van der Waals surface area contributed by atoms with Crippen LogP contribution in [0.3, 0.4) is 0 Å². The molecule has 4 aliphatic carbocycles. The molecule has 0 aromatic rings. The number of fused-ring (bicyclic) bond motifs is 5. The summed E-state index contributed by atoms with van der Waals surface area (Å²) in [7, 11) is 0. The molecule has 4 nitrogen and oxygen atoms in total. The highest BCUT2D eigenvalue weighted by Crippen LogP contribution is 2.68. The third kappa shape index (κ3) is 3.14. The molecule has 0 amide bonds. The molecule has 0 bridgehead atoms. The minimum Gasteiger partial charge on any atom is -0.481 e. The molecule has 2 unspecified atom stereocenters. The average Bonchev–Trinajstić information content (AvgIpc) is 2.98. The minimum absolute atomic E-state index is 0.179. The lowest BCUT2D eigenvalue weighted by Gasteiger charge is -2.62. The summed E-state index contributed by atoms with van der Waals surface area (Å²) >= 11 is 0. The van der Waals surface area contributed by atoms with E-state index in [1.807, 2.05) is 0 Å². The van der Waals surface area contributed by atoms with Crippen LogP contribution in [0.15, 0.2) is 0 Å². The fourth-order valence-corrected chi connectivity index (χ4v) is 8.73. The van der Waals surface area contributed by atoms with Crippen molar-refractivity contribution in [3.63, 3.8) is 0 Å². The number of hydrogen-bond acceptors (Lipinski definition) is 3. The molecule has 4 rings (SSSR count). The number of aliphatic hydroxyl groups is 2. The minimum atomic E-state index is -0.684. The maximum atomic E-state index is 11.2. The van der Waals surface area contributed by atoms with Crippen molar-refractivity contribution >= 4 is 5.97 Å². The molecule has 160 valence electrons. The van der Waals surface area contributed by atoms with Crippen molar-refractivity contribution in [3.05, 3.63) is 0 Å². The van der Waals surface area contributed by atoms with Crippen LogP contribution in [0.4, 0.5) is 0 Å². The second-order valence-electron chi connectivity index (χ2n) is 11.4. The monoisotopic (exact) mass is 392 g/mol. The van der Waals surface area contributed by atoms with Crippen molar-refractivity contribution < 1.29 is 20.1 Å². The summed E-state index contributed by atoms with van der Waals surface area (Å²) in [5.41, 5.74) is 0.523. The van der Waals surface area contributed by atoms with Gasteiger partial charge < -0.3 is 15.3 Å². The van der Waals surface area contributed by atoms with Gasteiger partial charge in [0, 0.05) is 6.42 Å². The quantitative estimate of drug-likeness (QED) is 0.659. The Kier molecular flexibility index (Phi) is 5.36. The lowest BCUT2D eigenvalue weighted by Crippen LogP contribution is -2.58. The Morgan fingerprint density at radius 1 is 1.00 bits per heavy atom. The van der Waals surface area contributed by atoms with Crippen LogP contribution in [-0.4, -0.2) is 33.5 Å². The molecule has 0 aromatic heterocycles. The fraction of sp³-hybridized carbons (Fsp3) is 0.958. The van der Waals surface area contributed by atoms with E-state index in [2.05, 4.69) is 20.8 Å². The van der Waals surface area contributed by atoms with Crippen molar-refractivity contribution in [3.8, 4) is 0 Å². The van der Waals surface area contributed by atoms with Gasteiger partial charge in [0.25, 0.3) is 0 Å². The molecular weight excluding hydrogens is 352 g/mol. The van der Waals surface area contributed by atoms with Crippen LogP contribution >= 0.6 is 0 Å². The highest BCUT2D eigenvalue weighted by atomic mass is 16.4. The van der Waals surface area contributed by atoms with Gasteiger partial charge in [0.05, 0.1) is 12.2 Å². The van der Waals surface area contributed by atoms with E-state index < -0.39 is 5.97 Å². The summed E-state index contributed by atoms with van der Waals surface area (Å²) in [6.07, 6.45) is 9.19. The summed E-state index contributed by atoms with van der Waals surface area (Å²) in [4.78, 5) is 11.1. The van der Waals surface area contributed by atoms with Crippen molar-refractivity contribution in [2.24, 2.45) is 46.3 Å². The normalized spacial score (nSPS) is 51.7. The SMILES string of the molecule is C[C@H](CCC(=O)O)[C@H]1CC[C@H]2[C@@H]3C(O)C[C@@H]4CC(O)CC[C@]4(C)[C@H]3CC[C@]12C. The second kappa shape index (κ2) is 7.27. The van der Waals surface area contributed by atoms with E-state index in [0.29, 0.717) is 35.5 Å². The van der Waals surface area contributed by atoms with E-state index in [4.69, 9.17) is 5.11 Å². The lowest BCUT2D eigenvalue weighted by molar-refractivity contribution is -0.174. The first-order valence-electron chi connectivity index (χ1n) is 11.7. The predicted molar refractivity (Wildman–Crippen MR) is 109 cm³/mol. The third-order valence-corrected chi connectivity index (χ3v) is 10.2. The second-order valence-corrected chi connectivity index (χ2v) is 11.4. The van der Waals surface area contributed by atoms with Crippen LogP contribution in [0.25, 0.3) is 0 Å². The van der Waals surface area contributed by atoms with E-state index in [9.17, 15) is 15.0 Å². The lowest BCUT2D eigenvalue weighted by atomic mass is 9.43. The molecule has 4 fully saturated rings. The van der Waals surface area contributed by atoms with E-state index in [-0.39, 0.29) is 29.5 Å². The molecule has 28 heavy (non-hydrogen) atoms. The van der Waals surface area contributed by atoms with Crippen molar-refractivity contribution in [1.82, 2.24) is 0 Å². The van der Waals surface area contributed by atoms with E-state index in [1.54, 1.807) is 0 Å². The summed E-state index contributed by atoms with van der Waals surface area (Å²) in [6, 6.07) is 0. The molecule has 4 aliphatic rings. The number of hydrogen-bond donors (Lipinski definition) is 3. The van der Waals surface area contributed by atoms with E-state index >= 15 is 0 Å². The Bertz CT molecular complexity index is 605. The number of rotatable bonds is 4. The van der Waals surface area contributed by atoms with Crippen LogP contribution in [0.2, 0.25) is 0 Å². The molecule has 4 heteroatoms. The molecule has 0 aromatic carbocycles. The largest absolute Gasteiger partial charge is 0.481 e. The van der Waals surface area contributed by atoms with Crippen molar-refractivity contribution in [1.29, 1.82) is 0 Å². The number of aliphatic hydroxyl groups excluding tert-OH is 2. The van der Waals surface area contributed by atoms with Gasteiger partial charge in [-0.25, -0.2) is 0 Å². The van der Waals surface area contributed by atoms with Crippen molar-refractivity contribution in [2.45, 2.75) is 97.2 Å². The first kappa shape index (κ1) is 20.7. The van der Waals surface area contributed by atoms with Gasteiger partial charge in [-0.1, -0.05) is 20.8 Å². The first-order chi connectivity index (χ1) is 13.2. The van der Waals surface area contributed by atoms with E-state index in [1.165, 1.54) is 25.7 Å². The molecule has 0 saturated heterocycles. The highest BCUT2D eigenvalue weighted by Gasteiger charge is 2.62. The maximum absolute atomic E-state index is 11.2. The van der Waals surface area contributed by atoms with Crippen LogP contribution in [0.1, 0.15) is 85.0 Å². The number of aliphatic carboxylic acids is 1. The molecular formula is C24H40O4. The standard InChI is InChI=1S/C24H40O4/c1-14(4-7-21(27)28)17-5-6-18-22-19(9-11-24(17,18)3)23(2)10-8-16(25)12-15(23)13-20(22)26/h14-20,22,25-26H,4-13H2,1-3H3,(H,27,28)/t14-,15+,16?,17-,18+,19+,20?,22+,23+,24-/m1/s1. The maximum Gasteiger partial charge on any atom is 0.303 e. The van der Waals surface area contributed by atoms with Gasteiger partial charge in [-0.2, -0.15) is 0 Å². The van der Waals surface area contributed by atoms with Crippen LogP contribution in [-0.2, 0) is 4.79 Å². The predicted octanol–water partition coefficient (Wildman–Crippen LogP) is 4.48. The fourth-order valence-electron chi connectivity index (χ4n) is 8.73.